The molecule has 0 saturated heterocycles. The third-order valence-corrected chi connectivity index (χ3v) is 1.17. The molecule has 1 rings (SSSR count). The van der Waals surface area contributed by atoms with Crippen molar-refractivity contribution in [1.29, 1.82) is 0 Å². The summed E-state index contributed by atoms with van der Waals surface area (Å²) in [6.07, 6.45) is 3.57. The highest BCUT2D eigenvalue weighted by Crippen LogP contribution is 2.02. The second-order valence-corrected chi connectivity index (χ2v) is 2.31. The zero-order valence-electron chi connectivity index (χ0n) is 3.02. The van der Waals surface area contributed by atoms with E-state index in [1.165, 1.54) is 0 Å². The first-order valence-corrected chi connectivity index (χ1v) is 2.86. The average molecular weight is 197 g/mol. The molecule has 1 N–H and O–H groups in total. The van der Waals surface area contributed by atoms with Crippen molar-refractivity contribution in [2.75, 3.05) is 0 Å². The molecule has 1 unspecified atom stereocenters. The van der Waals surface area contributed by atoms with Crippen molar-refractivity contribution < 1.29 is 4.84 Å². The van der Waals surface area contributed by atoms with E-state index < -0.39 is 0 Å². The van der Waals surface area contributed by atoms with Gasteiger partial charge in [-0.1, -0.05) is 22.6 Å². The first kappa shape index (κ1) is 4.39. The van der Waals surface area contributed by atoms with Crippen LogP contribution in [0.25, 0.3) is 0 Å². The van der Waals surface area contributed by atoms with Crippen LogP contribution in [-0.4, -0.2) is 4.05 Å². The van der Waals surface area contributed by atoms with Gasteiger partial charge >= 0.3 is 0 Å². The van der Waals surface area contributed by atoms with Crippen LogP contribution in [0.5, 0.6) is 0 Å². The van der Waals surface area contributed by atoms with Crippen LogP contribution >= 0.6 is 22.6 Å². The quantitative estimate of drug-likeness (QED) is 0.352. The van der Waals surface area contributed by atoms with E-state index in [9.17, 15) is 0 Å². The Balaban J connectivity index is 2.38. The Hall–Kier alpha value is 0.230. The van der Waals surface area contributed by atoms with Gasteiger partial charge in [0, 0.05) is 0 Å². The lowest BCUT2D eigenvalue weighted by Gasteiger charge is -1.92. The summed E-state index contributed by atoms with van der Waals surface area (Å²) in [4.78, 5) is 4.62. The normalized spacial score (nSPS) is 30.5. The predicted octanol–water partition coefficient (Wildman–Crippen LogP) is 0.796. The van der Waals surface area contributed by atoms with E-state index in [1.807, 2.05) is 6.08 Å². The maximum absolute atomic E-state index is 4.62. The first-order chi connectivity index (χ1) is 2.89. The minimum absolute atomic E-state index is 0.364. The van der Waals surface area contributed by atoms with Gasteiger partial charge in [0.15, 0.2) is 0 Å². The van der Waals surface area contributed by atoms with Crippen molar-refractivity contribution in [3.05, 3.63) is 12.3 Å². The molecule has 0 amide bonds. The van der Waals surface area contributed by atoms with Crippen LogP contribution in [0, 0.1) is 0 Å². The van der Waals surface area contributed by atoms with Gasteiger partial charge in [0.05, 0.1) is 0 Å². The molecule has 1 heterocycles. The highest BCUT2D eigenvalue weighted by molar-refractivity contribution is 14.1. The van der Waals surface area contributed by atoms with Crippen LogP contribution in [0.4, 0.5) is 0 Å². The van der Waals surface area contributed by atoms with Crippen LogP contribution in [0.15, 0.2) is 12.3 Å². The van der Waals surface area contributed by atoms with Crippen molar-refractivity contribution in [2.45, 2.75) is 4.05 Å². The standard InChI is InChI=1S/C3H4INO/c4-3-1-2-6-5-3/h1-3,5H. The molecule has 0 spiro atoms. The number of hydroxylamine groups is 1. The second-order valence-electron chi connectivity index (χ2n) is 0.966. The average Bonchev–Trinajstić information content (AvgIpc) is 1.86. The van der Waals surface area contributed by atoms with E-state index in [2.05, 4.69) is 32.9 Å². The van der Waals surface area contributed by atoms with Gasteiger partial charge in [-0.05, 0) is 6.08 Å². The molecule has 0 bridgehead atoms. The largest absolute Gasteiger partial charge is 0.415 e. The fraction of sp³-hybridized carbons (Fsp3) is 0.333. The Morgan fingerprint density at radius 1 is 1.83 bits per heavy atom. The molecule has 0 aliphatic carbocycles. The summed E-state index contributed by atoms with van der Waals surface area (Å²) in [5.74, 6) is 0. The topological polar surface area (TPSA) is 21.3 Å². The Morgan fingerprint density at radius 2 is 2.67 bits per heavy atom. The fourth-order valence-corrected chi connectivity index (χ4v) is 0.568. The first-order valence-electron chi connectivity index (χ1n) is 1.61. The lowest BCUT2D eigenvalue weighted by Crippen LogP contribution is -2.11. The van der Waals surface area contributed by atoms with Crippen molar-refractivity contribution in [2.24, 2.45) is 0 Å². The molecular weight excluding hydrogens is 193 g/mol. The van der Waals surface area contributed by atoms with Gasteiger partial charge in [-0.3, -0.25) is 0 Å². The van der Waals surface area contributed by atoms with E-state index in [-0.39, 0.29) is 0 Å². The SMILES string of the molecule is IC1C=CON1. The Bertz CT molecular complexity index is 73.2. The molecule has 34 valence electrons. The summed E-state index contributed by atoms with van der Waals surface area (Å²) in [5.41, 5.74) is 2.70. The number of hydrogen-bond acceptors (Lipinski definition) is 2. The monoisotopic (exact) mass is 197 g/mol. The van der Waals surface area contributed by atoms with Crippen LogP contribution in [0.1, 0.15) is 0 Å². The van der Waals surface area contributed by atoms with Gasteiger partial charge in [-0.2, -0.15) is 0 Å². The van der Waals surface area contributed by atoms with Gasteiger partial charge < -0.3 is 4.84 Å². The molecule has 3 heteroatoms. The number of alkyl halides is 1. The van der Waals surface area contributed by atoms with E-state index >= 15 is 0 Å². The lowest BCUT2D eigenvalue weighted by molar-refractivity contribution is 0.164. The molecule has 0 fully saturated rings. The summed E-state index contributed by atoms with van der Waals surface area (Å²) < 4.78 is 0.364. The van der Waals surface area contributed by atoms with Crippen LogP contribution in [0.2, 0.25) is 0 Å². The number of nitrogens with one attached hydrogen (secondary N) is 1. The second kappa shape index (κ2) is 1.79. The molecule has 6 heavy (non-hydrogen) atoms. The predicted molar refractivity (Wildman–Crippen MR) is 31.2 cm³/mol. The van der Waals surface area contributed by atoms with Gasteiger partial charge in [-0.25, -0.2) is 0 Å². The summed E-state index contributed by atoms with van der Waals surface area (Å²) in [6.45, 7) is 0. The van der Waals surface area contributed by atoms with Crippen molar-refractivity contribution in [3.8, 4) is 0 Å². The number of hydrogen-bond donors (Lipinski definition) is 1. The molecule has 0 saturated carbocycles. The van der Waals surface area contributed by atoms with Gasteiger partial charge in [0.1, 0.15) is 10.3 Å². The molecule has 0 aromatic heterocycles. The maximum atomic E-state index is 4.62. The maximum Gasteiger partial charge on any atom is 0.115 e. The van der Waals surface area contributed by atoms with Crippen molar-refractivity contribution >= 4 is 22.6 Å². The van der Waals surface area contributed by atoms with Crippen molar-refractivity contribution in [1.82, 2.24) is 5.48 Å². The lowest BCUT2D eigenvalue weighted by atomic mass is 10.7. The molecule has 0 radical (unpaired) electrons. The van der Waals surface area contributed by atoms with Gasteiger partial charge in [-0.15, -0.1) is 5.48 Å². The zero-order valence-corrected chi connectivity index (χ0v) is 5.18. The minimum atomic E-state index is 0.364. The fourth-order valence-electron chi connectivity index (χ4n) is 0.252. The third-order valence-electron chi connectivity index (χ3n) is 0.496. The number of rotatable bonds is 0. The summed E-state index contributed by atoms with van der Waals surface area (Å²) >= 11 is 2.21. The summed E-state index contributed by atoms with van der Waals surface area (Å²) in [7, 11) is 0. The molecule has 1 aliphatic rings. The Labute approximate surface area is 49.7 Å². The summed E-state index contributed by atoms with van der Waals surface area (Å²) in [6, 6.07) is 0. The molecule has 2 nitrogen and oxygen atoms in total. The van der Waals surface area contributed by atoms with Gasteiger partial charge in [0.25, 0.3) is 0 Å². The van der Waals surface area contributed by atoms with E-state index in [0.29, 0.717) is 4.05 Å². The van der Waals surface area contributed by atoms with Gasteiger partial charge in [0.2, 0.25) is 0 Å². The van der Waals surface area contributed by atoms with Crippen LogP contribution in [0.3, 0.4) is 0 Å². The van der Waals surface area contributed by atoms with Crippen LogP contribution in [-0.2, 0) is 4.84 Å². The smallest absolute Gasteiger partial charge is 0.115 e. The molecule has 0 aromatic rings. The highest BCUT2D eigenvalue weighted by atomic mass is 127. The molecule has 1 atom stereocenters. The zero-order chi connectivity index (χ0) is 4.41. The van der Waals surface area contributed by atoms with E-state index in [1.54, 1.807) is 6.26 Å². The Morgan fingerprint density at radius 3 is 2.83 bits per heavy atom. The highest BCUT2D eigenvalue weighted by Gasteiger charge is 2.00. The van der Waals surface area contributed by atoms with Crippen molar-refractivity contribution in [3.63, 3.8) is 0 Å². The molecule has 1 aliphatic heterocycles. The number of halogens is 1. The Kier molecular flexibility index (Phi) is 1.31. The van der Waals surface area contributed by atoms with Crippen LogP contribution < -0.4 is 5.48 Å². The van der Waals surface area contributed by atoms with E-state index in [4.69, 9.17) is 0 Å². The third kappa shape index (κ3) is 0.844. The summed E-state index contributed by atoms with van der Waals surface area (Å²) in [5, 5.41) is 0. The van der Waals surface area contributed by atoms with E-state index in [0.717, 1.165) is 0 Å². The minimum Gasteiger partial charge on any atom is -0.415 e. The molecular formula is C3H4INO. The molecule has 0 aromatic carbocycles.